The highest BCUT2D eigenvalue weighted by Crippen LogP contribution is 2.17. The maximum absolute atomic E-state index is 11.7. The summed E-state index contributed by atoms with van der Waals surface area (Å²) in [5.41, 5.74) is 2.33. The molecule has 4 nitrogen and oxygen atoms in total. The van der Waals surface area contributed by atoms with E-state index in [9.17, 15) is 4.79 Å². The van der Waals surface area contributed by atoms with Gasteiger partial charge in [0.1, 0.15) is 18.8 Å². The monoisotopic (exact) mass is 299 g/mol. The number of quaternary nitrogens is 1. The lowest BCUT2D eigenvalue weighted by molar-refractivity contribution is -0.907. The predicted octanol–water partition coefficient (Wildman–Crippen LogP) is 1.96. The molecule has 4 heteroatoms. The molecule has 2 aromatic carbocycles. The van der Waals surface area contributed by atoms with E-state index in [0.29, 0.717) is 5.75 Å². The van der Waals surface area contributed by atoms with Crippen molar-refractivity contribution in [3.05, 3.63) is 65.7 Å². The fourth-order valence-corrected chi connectivity index (χ4v) is 2.27. The fraction of sp³-hybridized carbons (Fsp3) is 0.278. The zero-order valence-electron chi connectivity index (χ0n) is 13.4. The Kier molecular flexibility index (Phi) is 5.55. The molecular formula is C18H23N2O2+. The van der Waals surface area contributed by atoms with Crippen molar-refractivity contribution >= 4 is 6.09 Å². The van der Waals surface area contributed by atoms with E-state index >= 15 is 0 Å². The van der Waals surface area contributed by atoms with Crippen molar-refractivity contribution in [2.24, 2.45) is 0 Å². The maximum Gasteiger partial charge on any atom is 0.414 e. The average molecular weight is 299 g/mol. The first-order valence-corrected chi connectivity index (χ1v) is 7.38. The van der Waals surface area contributed by atoms with Crippen LogP contribution >= 0.6 is 0 Å². The summed E-state index contributed by atoms with van der Waals surface area (Å²) < 4.78 is 5.43. The lowest BCUT2D eigenvalue weighted by Crippen LogP contribution is -3.06. The first kappa shape index (κ1) is 16.0. The minimum absolute atomic E-state index is 0.354. The summed E-state index contributed by atoms with van der Waals surface area (Å²) in [6.45, 7) is 1.72. The number of ether oxygens (including phenoxy) is 1. The minimum Gasteiger partial charge on any atom is -0.410 e. The number of para-hydroxylation sites is 1. The van der Waals surface area contributed by atoms with Crippen molar-refractivity contribution < 1.29 is 14.4 Å². The molecule has 1 atom stereocenters. The highest BCUT2D eigenvalue weighted by atomic mass is 16.6. The fourth-order valence-electron chi connectivity index (χ4n) is 2.27. The summed E-state index contributed by atoms with van der Waals surface area (Å²) in [4.78, 5) is 14.5. The van der Waals surface area contributed by atoms with Gasteiger partial charge in [-0.05, 0) is 12.1 Å². The summed E-state index contributed by atoms with van der Waals surface area (Å²) >= 11 is 0. The van der Waals surface area contributed by atoms with Crippen LogP contribution in [0.25, 0.3) is 0 Å². The van der Waals surface area contributed by atoms with E-state index in [2.05, 4.69) is 31.3 Å². The van der Waals surface area contributed by atoms with Gasteiger partial charge in [0.15, 0.2) is 0 Å². The molecule has 0 heterocycles. The number of carbonyl (C=O) groups excluding carboxylic acids is 1. The lowest BCUT2D eigenvalue weighted by Gasteiger charge is -2.17. The van der Waals surface area contributed by atoms with E-state index in [1.807, 2.05) is 30.3 Å². The summed E-state index contributed by atoms with van der Waals surface area (Å²) in [7, 11) is 5.49. The normalized spacial score (nSPS) is 11.8. The van der Waals surface area contributed by atoms with Crippen LogP contribution in [0.3, 0.4) is 0 Å². The Hall–Kier alpha value is -2.33. The molecule has 0 saturated heterocycles. The van der Waals surface area contributed by atoms with Gasteiger partial charge in [0.2, 0.25) is 0 Å². The highest BCUT2D eigenvalue weighted by Gasteiger charge is 2.13. The number of nitrogens with one attached hydrogen (secondary N) is 1. The Balaban J connectivity index is 2.04. The summed E-state index contributed by atoms with van der Waals surface area (Å²) in [6, 6.07) is 18.1. The quantitative estimate of drug-likeness (QED) is 0.916. The Morgan fingerprint density at radius 2 is 1.64 bits per heavy atom. The summed E-state index contributed by atoms with van der Waals surface area (Å²) in [5.74, 6) is 0.633. The summed E-state index contributed by atoms with van der Waals surface area (Å²) in [6.07, 6.45) is -0.354. The minimum atomic E-state index is -0.354. The molecule has 0 spiro atoms. The molecule has 1 unspecified atom stereocenters. The van der Waals surface area contributed by atoms with E-state index in [-0.39, 0.29) is 6.09 Å². The van der Waals surface area contributed by atoms with Gasteiger partial charge >= 0.3 is 6.09 Å². The van der Waals surface area contributed by atoms with Crippen molar-refractivity contribution in [1.82, 2.24) is 4.90 Å². The van der Waals surface area contributed by atoms with Gasteiger partial charge in [-0.1, -0.05) is 42.5 Å². The second-order valence-corrected chi connectivity index (χ2v) is 5.67. The smallest absolute Gasteiger partial charge is 0.410 e. The zero-order chi connectivity index (χ0) is 15.9. The van der Waals surface area contributed by atoms with Crippen molar-refractivity contribution in [2.45, 2.75) is 13.1 Å². The highest BCUT2D eigenvalue weighted by molar-refractivity contribution is 5.70. The Morgan fingerprint density at radius 1 is 1.00 bits per heavy atom. The number of carbonyl (C=O) groups is 1. The number of hydrogen-bond acceptors (Lipinski definition) is 2. The molecule has 1 amide bonds. The molecule has 2 aromatic rings. The SMILES string of the molecule is CN(C)C(=O)Oc1ccccc1C[NH+](C)Cc1ccccc1. The van der Waals surface area contributed by atoms with Crippen LogP contribution in [0.1, 0.15) is 11.1 Å². The van der Waals surface area contributed by atoms with Crippen LogP contribution in [0.5, 0.6) is 5.75 Å². The number of hydrogen-bond donors (Lipinski definition) is 1. The van der Waals surface area contributed by atoms with Gasteiger partial charge in [0.05, 0.1) is 7.05 Å². The standard InChI is InChI=1S/C18H22N2O2/c1-19(2)18(21)22-17-12-8-7-11-16(17)14-20(3)13-15-9-5-4-6-10-15/h4-12H,13-14H2,1-3H3/p+1. The lowest BCUT2D eigenvalue weighted by atomic mass is 10.1. The summed E-state index contributed by atoms with van der Waals surface area (Å²) in [5, 5.41) is 0. The van der Waals surface area contributed by atoms with Crippen LogP contribution in [0, 0.1) is 0 Å². The first-order chi connectivity index (χ1) is 10.6. The van der Waals surface area contributed by atoms with Crippen LogP contribution in [0.15, 0.2) is 54.6 Å². The molecule has 0 aliphatic rings. The molecule has 2 rings (SSSR count). The number of nitrogens with zero attached hydrogens (tertiary/aromatic N) is 1. The molecule has 0 bridgehead atoms. The van der Waals surface area contributed by atoms with Gasteiger partial charge in [-0.2, -0.15) is 0 Å². The Labute approximate surface area is 131 Å². The molecule has 0 aromatic heterocycles. The predicted molar refractivity (Wildman–Crippen MR) is 86.9 cm³/mol. The van der Waals surface area contributed by atoms with Gasteiger partial charge in [-0.3, -0.25) is 0 Å². The van der Waals surface area contributed by atoms with Crippen LogP contribution in [0.4, 0.5) is 4.79 Å². The van der Waals surface area contributed by atoms with E-state index in [1.54, 1.807) is 14.1 Å². The molecule has 1 N–H and O–H groups in total. The average Bonchev–Trinajstić information content (AvgIpc) is 2.50. The second-order valence-electron chi connectivity index (χ2n) is 5.67. The van der Waals surface area contributed by atoms with Crippen molar-refractivity contribution in [3.63, 3.8) is 0 Å². The molecule has 22 heavy (non-hydrogen) atoms. The zero-order valence-corrected chi connectivity index (χ0v) is 13.4. The van der Waals surface area contributed by atoms with Crippen LogP contribution in [0.2, 0.25) is 0 Å². The van der Waals surface area contributed by atoms with Gasteiger partial charge in [-0.25, -0.2) is 4.79 Å². The van der Waals surface area contributed by atoms with E-state index in [1.165, 1.54) is 15.4 Å². The van der Waals surface area contributed by atoms with Crippen molar-refractivity contribution in [2.75, 3.05) is 21.1 Å². The second kappa shape index (κ2) is 7.61. The molecule has 116 valence electrons. The first-order valence-electron chi connectivity index (χ1n) is 7.38. The van der Waals surface area contributed by atoms with Gasteiger partial charge < -0.3 is 14.5 Å². The topological polar surface area (TPSA) is 34.0 Å². The van der Waals surface area contributed by atoms with Crippen molar-refractivity contribution in [1.29, 1.82) is 0 Å². The third-order valence-corrected chi connectivity index (χ3v) is 3.38. The molecular weight excluding hydrogens is 276 g/mol. The van der Waals surface area contributed by atoms with Crippen LogP contribution in [-0.4, -0.2) is 32.1 Å². The van der Waals surface area contributed by atoms with E-state index < -0.39 is 0 Å². The Bertz CT molecular complexity index is 611. The number of rotatable bonds is 5. The maximum atomic E-state index is 11.7. The largest absolute Gasteiger partial charge is 0.414 e. The van der Waals surface area contributed by atoms with Crippen LogP contribution < -0.4 is 9.64 Å². The Morgan fingerprint density at radius 3 is 2.32 bits per heavy atom. The molecule has 0 fully saturated rings. The number of amides is 1. The van der Waals surface area contributed by atoms with Gasteiger partial charge in [0, 0.05) is 25.2 Å². The third kappa shape index (κ3) is 4.60. The molecule has 0 saturated carbocycles. The van der Waals surface area contributed by atoms with E-state index in [0.717, 1.165) is 18.7 Å². The van der Waals surface area contributed by atoms with Crippen molar-refractivity contribution in [3.8, 4) is 5.75 Å². The third-order valence-electron chi connectivity index (χ3n) is 3.38. The van der Waals surface area contributed by atoms with Crippen LogP contribution in [-0.2, 0) is 13.1 Å². The van der Waals surface area contributed by atoms with Gasteiger partial charge in [0.25, 0.3) is 0 Å². The number of benzene rings is 2. The molecule has 0 aliphatic heterocycles. The molecule has 0 aliphatic carbocycles. The molecule has 0 radical (unpaired) electrons. The van der Waals surface area contributed by atoms with Gasteiger partial charge in [-0.15, -0.1) is 0 Å². The van der Waals surface area contributed by atoms with E-state index in [4.69, 9.17) is 4.74 Å².